The van der Waals surface area contributed by atoms with E-state index in [0.29, 0.717) is 22.5 Å². The van der Waals surface area contributed by atoms with Gasteiger partial charge in [-0.25, -0.2) is 9.29 Å². The minimum atomic E-state index is -0.446. The number of hydrogen-bond acceptors (Lipinski definition) is 3. The molecule has 1 aliphatic heterocycles. The highest BCUT2D eigenvalue weighted by Crippen LogP contribution is 2.34. The minimum Gasteiger partial charge on any atom is -0.350 e. The number of benzene rings is 3. The lowest BCUT2D eigenvalue weighted by Crippen LogP contribution is -2.32. The summed E-state index contributed by atoms with van der Waals surface area (Å²) in [6.07, 6.45) is 0. The van der Waals surface area contributed by atoms with Crippen molar-refractivity contribution in [1.29, 1.82) is 0 Å². The van der Waals surface area contributed by atoms with Gasteiger partial charge in [-0.05, 0) is 66.9 Å². The van der Waals surface area contributed by atoms with Crippen molar-refractivity contribution in [1.82, 2.24) is 0 Å². The molecule has 5 heteroatoms. The Morgan fingerprint density at radius 1 is 0.793 bits per heavy atom. The fourth-order valence-electron chi connectivity index (χ4n) is 3.30. The fraction of sp³-hybridized carbons (Fsp3) is 0.0833. The smallest absolute Gasteiger partial charge is 0.282 e. The fourth-order valence-corrected chi connectivity index (χ4v) is 3.30. The van der Waals surface area contributed by atoms with E-state index < -0.39 is 11.8 Å². The minimum absolute atomic E-state index is 0.175. The molecular formula is C24H19FN2O2. The number of carbonyl (C=O) groups excluding carboxylic acids is 2. The molecule has 0 saturated heterocycles. The highest BCUT2D eigenvalue weighted by molar-refractivity contribution is 6.46. The molecule has 144 valence electrons. The third-order valence-corrected chi connectivity index (χ3v) is 5.01. The number of carbonyl (C=O) groups is 2. The Balaban J connectivity index is 1.84. The number of nitrogens with zero attached hydrogens (tertiary/aromatic N) is 1. The van der Waals surface area contributed by atoms with E-state index in [1.807, 2.05) is 38.1 Å². The van der Waals surface area contributed by atoms with Gasteiger partial charge in [0.2, 0.25) is 0 Å². The van der Waals surface area contributed by atoms with Crippen LogP contribution in [0, 0.1) is 19.7 Å². The maximum Gasteiger partial charge on any atom is 0.282 e. The lowest BCUT2D eigenvalue weighted by molar-refractivity contribution is -0.120. The molecule has 1 aliphatic rings. The maximum atomic E-state index is 13.3. The molecule has 0 aromatic heterocycles. The molecule has 4 rings (SSSR count). The predicted octanol–water partition coefficient (Wildman–Crippen LogP) is 4.84. The second kappa shape index (κ2) is 7.36. The van der Waals surface area contributed by atoms with Crippen LogP contribution < -0.4 is 10.2 Å². The Morgan fingerprint density at radius 2 is 1.48 bits per heavy atom. The largest absolute Gasteiger partial charge is 0.350 e. The average Bonchev–Trinajstić information content (AvgIpc) is 2.96. The van der Waals surface area contributed by atoms with Gasteiger partial charge in [0.15, 0.2) is 0 Å². The number of amides is 2. The Hall–Kier alpha value is -3.73. The number of imide groups is 1. The number of aryl methyl sites for hydroxylation is 2. The van der Waals surface area contributed by atoms with Crippen molar-refractivity contribution >= 4 is 28.8 Å². The van der Waals surface area contributed by atoms with Crippen LogP contribution in [0.4, 0.5) is 15.8 Å². The van der Waals surface area contributed by atoms with Gasteiger partial charge in [0, 0.05) is 5.69 Å². The summed E-state index contributed by atoms with van der Waals surface area (Å²) in [5, 5.41) is 3.03. The van der Waals surface area contributed by atoms with Crippen LogP contribution in [0.5, 0.6) is 0 Å². The van der Waals surface area contributed by atoms with Crippen molar-refractivity contribution in [2.75, 3.05) is 10.2 Å². The molecule has 0 saturated carbocycles. The molecule has 29 heavy (non-hydrogen) atoms. The first kappa shape index (κ1) is 18.6. The Bertz CT molecular complexity index is 1140. The van der Waals surface area contributed by atoms with E-state index in [4.69, 9.17) is 0 Å². The lowest BCUT2D eigenvalue weighted by atomic mass is 9.99. The standard InChI is InChI=1S/C24H19FN2O2/c1-15-8-9-17(14-16(15)2)21-22(26-19-12-10-18(25)11-13-19)24(29)27(23(21)28)20-6-4-3-5-7-20/h3-14,26H,1-2H3. The molecule has 1 N–H and O–H groups in total. The molecule has 3 aromatic rings. The van der Waals surface area contributed by atoms with Crippen LogP contribution in [0.3, 0.4) is 0 Å². The van der Waals surface area contributed by atoms with Crippen molar-refractivity contribution in [2.24, 2.45) is 0 Å². The number of anilines is 2. The van der Waals surface area contributed by atoms with Gasteiger partial charge in [0.1, 0.15) is 11.5 Å². The topological polar surface area (TPSA) is 49.4 Å². The summed E-state index contributed by atoms with van der Waals surface area (Å²) in [7, 11) is 0. The SMILES string of the molecule is Cc1ccc(C2=C(Nc3ccc(F)cc3)C(=O)N(c3ccccc3)C2=O)cc1C. The van der Waals surface area contributed by atoms with E-state index in [2.05, 4.69) is 5.32 Å². The van der Waals surface area contributed by atoms with Gasteiger partial charge in [0.25, 0.3) is 11.8 Å². The van der Waals surface area contributed by atoms with E-state index in [9.17, 15) is 14.0 Å². The summed E-state index contributed by atoms with van der Waals surface area (Å²) >= 11 is 0. The number of para-hydroxylation sites is 1. The quantitative estimate of drug-likeness (QED) is 0.653. The molecule has 4 nitrogen and oxygen atoms in total. The van der Waals surface area contributed by atoms with Gasteiger partial charge in [-0.3, -0.25) is 9.59 Å². The molecule has 0 bridgehead atoms. The summed E-state index contributed by atoms with van der Waals surface area (Å²) in [6.45, 7) is 3.95. The van der Waals surface area contributed by atoms with Crippen LogP contribution in [-0.2, 0) is 9.59 Å². The molecule has 0 unspecified atom stereocenters. The number of hydrogen-bond donors (Lipinski definition) is 1. The van der Waals surface area contributed by atoms with E-state index in [1.165, 1.54) is 24.3 Å². The van der Waals surface area contributed by atoms with E-state index in [-0.39, 0.29) is 11.5 Å². The summed E-state index contributed by atoms with van der Waals surface area (Å²) in [5.41, 5.74) is 4.28. The second-order valence-corrected chi connectivity index (χ2v) is 6.96. The highest BCUT2D eigenvalue weighted by Gasteiger charge is 2.40. The average molecular weight is 386 g/mol. The van der Waals surface area contributed by atoms with Gasteiger partial charge in [0.05, 0.1) is 11.3 Å². The first-order chi connectivity index (χ1) is 14.0. The monoisotopic (exact) mass is 386 g/mol. The first-order valence-electron chi connectivity index (χ1n) is 9.24. The number of halogens is 1. The van der Waals surface area contributed by atoms with Crippen molar-refractivity contribution in [3.8, 4) is 0 Å². The van der Waals surface area contributed by atoms with Crippen LogP contribution in [0.25, 0.3) is 5.57 Å². The summed E-state index contributed by atoms with van der Waals surface area (Å²) in [6, 6.07) is 20.1. The summed E-state index contributed by atoms with van der Waals surface area (Å²) in [4.78, 5) is 27.7. The van der Waals surface area contributed by atoms with Gasteiger partial charge in [-0.15, -0.1) is 0 Å². The zero-order chi connectivity index (χ0) is 20.5. The molecule has 0 atom stereocenters. The van der Waals surface area contributed by atoms with Gasteiger partial charge >= 0.3 is 0 Å². The van der Waals surface area contributed by atoms with E-state index >= 15 is 0 Å². The van der Waals surface area contributed by atoms with E-state index in [1.54, 1.807) is 24.3 Å². The highest BCUT2D eigenvalue weighted by atomic mass is 19.1. The molecule has 0 aliphatic carbocycles. The first-order valence-corrected chi connectivity index (χ1v) is 9.24. The lowest BCUT2D eigenvalue weighted by Gasteiger charge is -2.15. The molecule has 0 spiro atoms. The van der Waals surface area contributed by atoms with Crippen molar-refractivity contribution in [2.45, 2.75) is 13.8 Å². The summed E-state index contributed by atoms with van der Waals surface area (Å²) < 4.78 is 13.3. The van der Waals surface area contributed by atoms with Crippen molar-refractivity contribution in [3.05, 3.63) is 101 Å². The Morgan fingerprint density at radius 3 is 2.14 bits per heavy atom. The molecule has 2 amide bonds. The van der Waals surface area contributed by atoms with Crippen molar-refractivity contribution in [3.63, 3.8) is 0 Å². The van der Waals surface area contributed by atoms with Crippen LogP contribution in [0.15, 0.2) is 78.5 Å². The maximum absolute atomic E-state index is 13.3. The molecule has 0 radical (unpaired) electrons. The van der Waals surface area contributed by atoms with Crippen LogP contribution in [-0.4, -0.2) is 11.8 Å². The van der Waals surface area contributed by atoms with E-state index in [0.717, 1.165) is 16.0 Å². The van der Waals surface area contributed by atoms with Crippen molar-refractivity contribution < 1.29 is 14.0 Å². The summed E-state index contributed by atoms with van der Waals surface area (Å²) in [5.74, 6) is -1.22. The third-order valence-electron chi connectivity index (χ3n) is 5.01. The molecule has 0 fully saturated rings. The molecule has 3 aromatic carbocycles. The molecular weight excluding hydrogens is 367 g/mol. The van der Waals surface area contributed by atoms with Gasteiger partial charge in [-0.1, -0.05) is 36.4 Å². The van der Waals surface area contributed by atoms with Crippen LogP contribution in [0.1, 0.15) is 16.7 Å². The second-order valence-electron chi connectivity index (χ2n) is 6.96. The third kappa shape index (κ3) is 3.43. The van der Waals surface area contributed by atoms with Crippen LogP contribution >= 0.6 is 0 Å². The molecule has 1 heterocycles. The zero-order valence-electron chi connectivity index (χ0n) is 16.1. The van der Waals surface area contributed by atoms with Gasteiger partial charge < -0.3 is 5.32 Å². The van der Waals surface area contributed by atoms with Gasteiger partial charge in [-0.2, -0.15) is 0 Å². The Kier molecular flexibility index (Phi) is 4.72. The number of nitrogens with one attached hydrogen (secondary N) is 1. The number of rotatable bonds is 4. The zero-order valence-corrected chi connectivity index (χ0v) is 16.1. The predicted molar refractivity (Wildman–Crippen MR) is 112 cm³/mol. The van der Waals surface area contributed by atoms with Crippen LogP contribution in [0.2, 0.25) is 0 Å². The normalized spacial score (nSPS) is 14.0. The Labute approximate surface area is 168 Å².